The lowest BCUT2D eigenvalue weighted by Gasteiger charge is -2.32. The van der Waals surface area contributed by atoms with Crippen LogP contribution in [0.2, 0.25) is 0 Å². The van der Waals surface area contributed by atoms with Crippen molar-refractivity contribution >= 4 is 5.91 Å². The smallest absolute Gasteiger partial charge is 0.225 e. The maximum absolute atomic E-state index is 12.2. The van der Waals surface area contributed by atoms with E-state index in [1.165, 1.54) is 0 Å². The predicted molar refractivity (Wildman–Crippen MR) is 75.4 cm³/mol. The number of carbonyl (C=O) groups is 1. The van der Waals surface area contributed by atoms with Crippen LogP contribution in [0, 0.1) is 5.92 Å². The molecule has 0 atom stereocenters. The lowest BCUT2D eigenvalue weighted by Crippen LogP contribution is -2.42. The Morgan fingerprint density at radius 1 is 1.22 bits per heavy atom. The van der Waals surface area contributed by atoms with Crippen LogP contribution >= 0.6 is 0 Å². The molecule has 0 bridgehead atoms. The minimum atomic E-state index is 0.203. The van der Waals surface area contributed by atoms with Gasteiger partial charge in [-0.2, -0.15) is 0 Å². The van der Waals surface area contributed by atoms with Crippen molar-refractivity contribution in [3.63, 3.8) is 0 Å². The van der Waals surface area contributed by atoms with Gasteiger partial charge in [-0.15, -0.1) is 0 Å². The summed E-state index contributed by atoms with van der Waals surface area (Å²) in [6.45, 7) is 10.9. The zero-order valence-corrected chi connectivity index (χ0v) is 12.4. The van der Waals surface area contributed by atoms with E-state index >= 15 is 0 Å². The average Bonchev–Trinajstić information content (AvgIpc) is 2.34. The van der Waals surface area contributed by atoms with Crippen LogP contribution in [0.4, 0.5) is 0 Å². The van der Waals surface area contributed by atoms with Crippen LogP contribution in [-0.2, 0) is 9.53 Å². The second kappa shape index (κ2) is 10.3. The zero-order valence-electron chi connectivity index (χ0n) is 12.4. The van der Waals surface area contributed by atoms with Crippen LogP contribution < -0.4 is 5.73 Å². The number of amides is 1. The minimum absolute atomic E-state index is 0.203. The number of rotatable bonds is 10. The topological polar surface area (TPSA) is 55.6 Å². The highest BCUT2D eigenvalue weighted by atomic mass is 16.5. The van der Waals surface area contributed by atoms with Crippen LogP contribution in [-0.4, -0.2) is 43.2 Å². The fraction of sp³-hybridized carbons (Fsp3) is 0.929. The van der Waals surface area contributed by atoms with E-state index in [4.69, 9.17) is 10.5 Å². The van der Waals surface area contributed by atoms with Gasteiger partial charge in [-0.05, 0) is 18.8 Å². The van der Waals surface area contributed by atoms with Crippen molar-refractivity contribution in [2.45, 2.75) is 53.0 Å². The van der Waals surface area contributed by atoms with E-state index in [9.17, 15) is 4.79 Å². The lowest BCUT2D eigenvalue weighted by molar-refractivity contribution is -0.135. The maximum Gasteiger partial charge on any atom is 0.225 e. The van der Waals surface area contributed by atoms with Crippen molar-refractivity contribution in [3.8, 4) is 0 Å². The zero-order chi connectivity index (χ0) is 14.0. The van der Waals surface area contributed by atoms with Crippen LogP contribution in [0.3, 0.4) is 0 Å². The number of ether oxygens (including phenoxy) is 1. The van der Waals surface area contributed by atoms with E-state index in [-0.39, 0.29) is 5.91 Å². The molecular formula is C14H30N2O2. The molecule has 0 saturated carbocycles. The molecule has 0 spiro atoms. The Morgan fingerprint density at radius 3 is 2.28 bits per heavy atom. The molecule has 0 aliphatic rings. The molecule has 0 aliphatic heterocycles. The largest absolute Gasteiger partial charge is 0.380 e. The van der Waals surface area contributed by atoms with Crippen LogP contribution in [0.25, 0.3) is 0 Å². The Morgan fingerprint density at radius 2 is 1.83 bits per heavy atom. The molecule has 0 aliphatic carbocycles. The molecule has 4 nitrogen and oxygen atoms in total. The molecule has 108 valence electrons. The van der Waals surface area contributed by atoms with Crippen molar-refractivity contribution in [1.29, 1.82) is 0 Å². The van der Waals surface area contributed by atoms with Gasteiger partial charge in [-0.25, -0.2) is 0 Å². The summed E-state index contributed by atoms with van der Waals surface area (Å²) in [7, 11) is 0. The van der Waals surface area contributed by atoms with Gasteiger partial charge in [0.15, 0.2) is 0 Å². The first-order chi connectivity index (χ1) is 8.56. The molecule has 0 unspecified atom stereocenters. The van der Waals surface area contributed by atoms with E-state index in [1.807, 2.05) is 4.90 Å². The van der Waals surface area contributed by atoms with Crippen molar-refractivity contribution in [3.05, 3.63) is 0 Å². The molecule has 0 aromatic rings. The standard InChI is InChI=1S/C14H30N2O2/c1-5-13(6-2)16(11-12(3)4)14(17)7-9-18-10-8-15/h12-13H,5-11,15H2,1-4H3. The van der Waals surface area contributed by atoms with E-state index in [0.717, 1.165) is 19.4 Å². The molecule has 0 saturated heterocycles. The Kier molecular flexibility index (Phi) is 9.98. The van der Waals surface area contributed by atoms with Gasteiger partial charge in [0.05, 0.1) is 19.6 Å². The van der Waals surface area contributed by atoms with E-state index in [1.54, 1.807) is 0 Å². The minimum Gasteiger partial charge on any atom is -0.380 e. The molecular weight excluding hydrogens is 228 g/mol. The highest BCUT2D eigenvalue weighted by Gasteiger charge is 2.21. The molecule has 18 heavy (non-hydrogen) atoms. The second-order valence-electron chi connectivity index (χ2n) is 5.06. The first-order valence-corrected chi connectivity index (χ1v) is 7.13. The fourth-order valence-electron chi connectivity index (χ4n) is 2.07. The number of nitrogens with two attached hydrogens (primary N) is 1. The molecule has 0 rings (SSSR count). The van der Waals surface area contributed by atoms with Crippen LogP contribution in [0.15, 0.2) is 0 Å². The third kappa shape index (κ3) is 6.97. The molecule has 0 aromatic heterocycles. The summed E-state index contributed by atoms with van der Waals surface area (Å²) in [4.78, 5) is 14.2. The van der Waals surface area contributed by atoms with Crippen molar-refractivity contribution in [1.82, 2.24) is 4.90 Å². The molecule has 0 aromatic carbocycles. The van der Waals surface area contributed by atoms with Gasteiger partial charge < -0.3 is 15.4 Å². The molecule has 1 amide bonds. The van der Waals surface area contributed by atoms with Gasteiger partial charge in [0, 0.05) is 19.1 Å². The Bertz CT molecular complexity index is 216. The summed E-state index contributed by atoms with van der Waals surface area (Å²) < 4.78 is 5.28. The second-order valence-corrected chi connectivity index (χ2v) is 5.06. The first-order valence-electron chi connectivity index (χ1n) is 7.13. The summed E-state index contributed by atoms with van der Waals surface area (Å²) in [5.41, 5.74) is 5.34. The Hall–Kier alpha value is -0.610. The summed E-state index contributed by atoms with van der Waals surface area (Å²) in [6, 6.07) is 0.356. The van der Waals surface area contributed by atoms with Gasteiger partial charge >= 0.3 is 0 Å². The van der Waals surface area contributed by atoms with Crippen LogP contribution in [0.1, 0.15) is 47.0 Å². The van der Waals surface area contributed by atoms with Gasteiger partial charge in [-0.3, -0.25) is 4.79 Å². The molecule has 4 heteroatoms. The predicted octanol–water partition coefficient (Wildman–Crippen LogP) is 2.02. The average molecular weight is 258 g/mol. The van der Waals surface area contributed by atoms with Gasteiger partial charge in [0.2, 0.25) is 5.91 Å². The normalized spacial score (nSPS) is 11.3. The Labute approximate surface area is 112 Å². The summed E-state index contributed by atoms with van der Waals surface area (Å²) in [5, 5.41) is 0. The highest BCUT2D eigenvalue weighted by molar-refractivity contribution is 5.76. The van der Waals surface area contributed by atoms with Crippen molar-refractivity contribution in [2.75, 3.05) is 26.3 Å². The third-order valence-electron chi connectivity index (χ3n) is 2.99. The quantitative estimate of drug-likeness (QED) is 0.610. The first kappa shape index (κ1) is 17.4. The SMILES string of the molecule is CCC(CC)N(CC(C)C)C(=O)CCOCCN. The van der Waals surface area contributed by atoms with Gasteiger partial charge in [0.1, 0.15) is 0 Å². The third-order valence-corrected chi connectivity index (χ3v) is 2.99. The summed E-state index contributed by atoms with van der Waals surface area (Å²) >= 11 is 0. The maximum atomic E-state index is 12.2. The summed E-state index contributed by atoms with van der Waals surface area (Å²) in [6.07, 6.45) is 2.49. The lowest BCUT2D eigenvalue weighted by atomic mass is 10.1. The van der Waals surface area contributed by atoms with Crippen LogP contribution in [0.5, 0.6) is 0 Å². The van der Waals surface area contributed by atoms with E-state index in [0.29, 0.717) is 38.1 Å². The van der Waals surface area contributed by atoms with Crippen molar-refractivity contribution < 1.29 is 9.53 Å². The number of hydrogen-bond donors (Lipinski definition) is 1. The molecule has 0 radical (unpaired) electrons. The van der Waals surface area contributed by atoms with Gasteiger partial charge in [0.25, 0.3) is 0 Å². The number of carbonyl (C=O) groups excluding carboxylic acids is 1. The highest BCUT2D eigenvalue weighted by Crippen LogP contribution is 2.13. The van der Waals surface area contributed by atoms with E-state index < -0.39 is 0 Å². The molecule has 0 fully saturated rings. The number of hydrogen-bond acceptors (Lipinski definition) is 3. The molecule has 2 N–H and O–H groups in total. The van der Waals surface area contributed by atoms with E-state index in [2.05, 4.69) is 27.7 Å². The monoisotopic (exact) mass is 258 g/mol. The molecule has 0 heterocycles. The summed E-state index contributed by atoms with van der Waals surface area (Å²) in [5.74, 6) is 0.703. The number of nitrogens with zero attached hydrogens (tertiary/aromatic N) is 1. The van der Waals surface area contributed by atoms with Crippen molar-refractivity contribution in [2.24, 2.45) is 11.7 Å². The Balaban J connectivity index is 4.30. The van der Waals surface area contributed by atoms with Gasteiger partial charge in [-0.1, -0.05) is 27.7 Å². The fourth-order valence-corrected chi connectivity index (χ4v) is 2.07.